The van der Waals surface area contributed by atoms with Crippen LogP contribution in [-0.4, -0.2) is 46.7 Å². The first-order valence-corrected chi connectivity index (χ1v) is 10.7. The van der Waals surface area contributed by atoms with Crippen LogP contribution in [0.15, 0.2) is 53.5 Å². The van der Waals surface area contributed by atoms with Crippen LogP contribution in [0.2, 0.25) is 0 Å². The van der Waals surface area contributed by atoms with E-state index in [0.717, 1.165) is 41.7 Å². The Labute approximate surface area is 175 Å². The predicted molar refractivity (Wildman–Crippen MR) is 116 cm³/mol. The number of carbonyl (C=O) groups excluding carboxylic acids is 1. The van der Waals surface area contributed by atoms with Gasteiger partial charge in [0.15, 0.2) is 0 Å². The molecule has 0 saturated carbocycles. The number of fused-ring (bicyclic) bond motifs is 5. The molecule has 6 heteroatoms. The fourth-order valence-corrected chi connectivity index (χ4v) is 5.21. The Morgan fingerprint density at radius 1 is 1.10 bits per heavy atom. The van der Waals surface area contributed by atoms with Gasteiger partial charge in [-0.3, -0.25) is 9.59 Å². The van der Waals surface area contributed by atoms with Crippen LogP contribution in [0.5, 0.6) is 0 Å². The molecule has 1 aromatic carbocycles. The van der Waals surface area contributed by atoms with E-state index in [1.54, 1.807) is 13.2 Å². The minimum atomic E-state index is 0.0749. The van der Waals surface area contributed by atoms with Crippen molar-refractivity contribution < 1.29 is 9.53 Å². The van der Waals surface area contributed by atoms with Gasteiger partial charge in [-0.2, -0.15) is 0 Å². The van der Waals surface area contributed by atoms with Crippen molar-refractivity contribution in [1.82, 2.24) is 14.0 Å². The molecule has 2 aliphatic heterocycles. The highest BCUT2D eigenvalue weighted by molar-refractivity contribution is 5.89. The molecule has 5 rings (SSSR count). The van der Waals surface area contributed by atoms with Gasteiger partial charge in [-0.05, 0) is 30.0 Å². The molecule has 1 amide bonds. The summed E-state index contributed by atoms with van der Waals surface area (Å²) >= 11 is 0. The van der Waals surface area contributed by atoms with Crippen LogP contribution in [0.4, 0.5) is 0 Å². The van der Waals surface area contributed by atoms with Crippen LogP contribution in [0.25, 0.3) is 10.9 Å². The zero-order valence-electron chi connectivity index (χ0n) is 17.3. The van der Waals surface area contributed by atoms with Gasteiger partial charge in [0.2, 0.25) is 5.91 Å². The summed E-state index contributed by atoms with van der Waals surface area (Å²) in [6, 6.07) is 13.8. The molecule has 1 fully saturated rings. The molecule has 2 aromatic heterocycles. The number of ether oxygens (including phenoxy) is 1. The van der Waals surface area contributed by atoms with Crippen molar-refractivity contribution in [1.29, 1.82) is 0 Å². The van der Waals surface area contributed by atoms with E-state index in [1.165, 1.54) is 0 Å². The summed E-state index contributed by atoms with van der Waals surface area (Å²) < 4.78 is 9.32. The van der Waals surface area contributed by atoms with Crippen molar-refractivity contribution in [2.75, 3.05) is 26.8 Å². The lowest BCUT2D eigenvalue weighted by Crippen LogP contribution is -2.49. The van der Waals surface area contributed by atoms with Crippen molar-refractivity contribution in [3.63, 3.8) is 0 Å². The topological polar surface area (TPSA) is 56.5 Å². The number of pyridine rings is 1. The molecule has 2 atom stereocenters. The number of piperidine rings is 1. The van der Waals surface area contributed by atoms with Gasteiger partial charge in [0, 0.05) is 68.1 Å². The smallest absolute Gasteiger partial charge is 0.250 e. The number of para-hydroxylation sites is 1. The fraction of sp³-hybridized carbons (Fsp3) is 0.417. The van der Waals surface area contributed by atoms with Crippen molar-refractivity contribution in [3.05, 3.63) is 70.3 Å². The van der Waals surface area contributed by atoms with Gasteiger partial charge < -0.3 is 18.8 Å². The molecule has 2 aliphatic rings. The molecule has 156 valence electrons. The molecule has 4 heterocycles. The SMILES string of the molecule is COCCn1cc(CC(=O)N2C[C@H]3C[C@@H](C2)c2cccc(=O)n2C3)c2ccccc21. The van der Waals surface area contributed by atoms with E-state index in [0.29, 0.717) is 32.0 Å². The van der Waals surface area contributed by atoms with Crippen LogP contribution in [0.1, 0.15) is 23.6 Å². The van der Waals surface area contributed by atoms with Crippen LogP contribution in [0.3, 0.4) is 0 Å². The summed E-state index contributed by atoms with van der Waals surface area (Å²) in [6.07, 6.45) is 3.56. The Morgan fingerprint density at radius 2 is 1.97 bits per heavy atom. The average molecular weight is 405 g/mol. The molecule has 2 bridgehead atoms. The number of aromatic nitrogens is 2. The monoisotopic (exact) mass is 405 g/mol. The molecule has 0 radical (unpaired) electrons. The van der Waals surface area contributed by atoms with E-state index in [4.69, 9.17) is 4.74 Å². The number of amides is 1. The molecule has 0 spiro atoms. The van der Waals surface area contributed by atoms with Gasteiger partial charge in [0.05, 0.1) is 13.0 Å². The third kappa shape index (κ3) is 3.35. The van der Waals surface area contributed by atoms with Gasteiger partial charge in [0.25, 0.3) is 5.56 Å². The minimum Gasteiger partial charge on any atom is -0.383 e. The Morgan fingerprint density at radius 3 is 2.83 bits per heavy atom. The predicted octanol–water partition coefficient (Wildman–Crippen LogP) is 2.64. The lowest BCUT2D eigenvalue weighted by atomic mass is 9.83. The van der Waals surface area contributed by atoms with Crippen LogP contribution < -0.4 is 5.56 Å². The zero-order chi connectivity index (χ0) is 20.7. The third-order valence-corrected chi connectivity index (χ3v) is 6.58. The number of carbonyl (C=O) groups is 1. The Hall–Kier alpha value is -2.86. The zero-order valence-corrected chi connectivity index (χ0v) is 17.3. The molecular weight excluding hydrogens is 378 g/mol. The van der Waals surface area contributed by atoms with E-state index < -0.39 is 0 Å². The quantitative estimate of drug-likeness (QED) is 0.656. The average Bonchev–Trinajstić information content (AvgIpc) is 3.10. The number of hydrogen-bond donors (Lipinski definition) is 0. The summed E-state index contributed by atoms with van der Waals surface area (Å²) in [7, 11) is 1.70. The number of likely N-dealkylation sites (tertiary alicyclic amines) is 1. The first kappa shape index (κ1) is 19.1. The Kier molecular flexibility index (Phi) is 4.95. The van der Waals surface area contributed by atoms with E-state index in [2.05, 4.69) is 22.9 Å². The summed E-state index contributed by atoms with van der Waals surface area (Å²) in [5.74, 6) is 0.771. The number of rotatable bonds is 5. The first-order valence-electron chi connectivity index (χ1n) is 10.7. The maximum atomic E-state index is 13.3. The summed E-state index contributed by atoms with van der Waals surface area (Å²) in [6.45, 7) is 3.55. The molecule has 0 unspecified atom stereocenters. The summed E-state index contributed by atoms with van der Waals surface area (Å²) in [5, 5.41) is 1.14. The van der Waals surface area contributed by atoms with E-state index in [9.17, 15) is 9.59 Å². The standard InChI is InChI=1S/C24H27N3O3/c1-30-10-9-25-15-18(20-5-2-3-6-22(20)25)12-24(29)26-13-17-11-19(16-26)21-7-4-8-23(28)27(21)14-17/h2-8,15,17,19H,9-14,16H2,1H3/t17-,19+/m1/s1. The molecule has 3 aromatic rings. The first-order chi connectivity index (χ1) is 14.6. The second-order valence-electron chi connectivity index (χ2n) is 8.53. The summed E-state index contributed by atoms with van der Waals surface area (Å²) in [4.78, 5) is 27.5. The van der Waals surface area contributed by atoms with Gasteiger partial charge in [0.1, 0.15) is 0 Å². The van der Waals surface area contributed by atoms with E-state index in [1.807, 2.05) is 33.7 Å². The second-order valence-corrected chi connectivity index (χ2v) is 8.53. The third-order valence-electron chi connectivity index (χ3n) is 6.58. The molecular formula is C24H27N3O3. The van der Waals surface area contributed by atoms with Crippen LogP contribution in [0, 0.1) is 5.92 Å². The summed E-state index contributed by atoms with van der Waals surface area (Å²) in [5.41, 5.74) is 3.36. The Bertz CT molecular complexity index is 1150. The highest BCUT2D eigenvalue weighted by atomic mass is 16.5. The fourth-order valence-electron chi connectivity index (χ4n) is 5.21. The maximum Gasteiger partial charge on any atom is 0.250 e. The highest BCUT2D eigenvalue weighted by Gasteiger charge is 2.36. The number of benzene rings is 1. The molecule has 0 N–H and O–H groups in total. The lowest BCUT2D eigenvalue weighted by Gasteiger charge is -2.42. The van der Waals surface area contributed by atoms with Gasteiger partial charge in [-0.15, -0.1) is 0 Å². The van der Waals surface area contributed by atoms with Crippen molar-refractivity contribution in [2.45, 2.75) is 31.8 Å². The van der Waals surface area contributed by atoms with Crippen LogP contribution in [-0.2, 0) is 29.0 Å². The second kappa shape index (κ2) is 7.76. The minimum absolute atomic E-state index is 0.0749. The van der Waals surface area contributed by atoms with Gasteiger partial charge >= 0.3 is 0 Å². The Balaban J connectivity index is 1.37. The highest BCUT2D eigenvalue weighted by Crippen LogP contribution is 2.35. The van der Waals surface area contributed by atoms with Crippen molar-refractivity contribution in [3.8, 4) is 0 Å². The number of nitrogens with zero attached hydrogens (tertiary/aromatic N) is 3. The maximum absolute atomic E-state index is 13.3. The van der Waals surface area contributed by atoms with Gasteiger partial charge in [-0.1, -0.05) is 24.3 Å². The largest absolute Gasteiger partial charge is 0.383 e. The lowest BCUT2D eigenvalue weighted by molar-refractivity contribution is -0.133. The molecule has 6 nitrogen and oxygen atoms in total. The van der Waals surface area contributed by atoms with Crippen LogP contribution >= 0.6 is 0 Å². The molecule has 0 aliphatic carbocycles. The van der Waals surface area contributed by atoms with E-state index >= 15 is 0 Å². The van der Waals surface area contributed by atoms with Gasteiger partial charge in [-0.25, -0.2) is 0 Å². The van der Waals surface area contributed by atoms with E-state index in [-0.39, 0.29) is 17.4 Å². The number of methoxy groups -OCH3 is 1. The van der Waals surface area contributed by atoms with Crippen molar-refractivity contribution in [2.24, 2.45) is 5.92 Å². The van der Waals surface area contributed by atoms with Crippen molar-refractivity contribution >= 4 is 16.8 Å². The normalized spacial score (nSPS) is 20.4. The number of hydrogen-bond acceptors (Lipinski definition) is 3. The molecule has 30 heavy (non-hydrogen) atoms. The molecule has 1 saturated heterocycles.